The molecule has 0 radical (unpaired) electrons. The van der Waals surface area contributed by atoms with Crippen LogP contribution in [0.4, 0.5) is 4.79 Å². The molecule has 5 rings (SSSR count). The largest absolute Gasteiger partial charge is 0.497 e. The summed E-state index contributed by atoms with van der Waals surface area (Å²) in [4.78, 5) is 33.6. The number of aromatic amines is 1. The van der Waals surface area contributed by atoms with Crippen LogP contribution in [-0.2, 0) is 5.41 Å². The first-order chi connectivity index (χ1) is 17.4. The van der Waals surface area contributed by atoms with Gasteiger partial charge < -0.3 is 29.9 Å². The van der Waals surface area contributed by atoms with Gasteiger partial charge in [-0.15, -0.1) is 0 Å². The summed E-state index contributed by atoms with van der Waals surface area (Å²) in [5.74, 6) is 0.643. The molecule has 3 heterocycles. The smallest absolute Gasteiger partial charge is 0.317 e. The minimum atomic E-state index is -0.487. The molecule has 0 unspecified atom stereocenters. The summed E-state index contributed by atoms with van der Waals surface area (Å²) in [5, 5.41) is 14.6. The molecule has 2 aromatic carbocycles. The number of aromatic nitrogens is 1. The Labute approximate surface area is 211 Å². The number of likely N-dealkylation sites (tertiary alicyclic amines) is 1. The number of fused-ring (bicyclic) bond motifs is 4. The fraction of sp³-hybridized carbons (Fsp3) is 0.429. The Bertz CT molecular complexity index is 1260. The highest BCUT2D eigenvalue weighted by Crippen LogP contribution is 2.49. The number of carbonyl (C=O) groups is 2. The van der Waals surface area contributed by atoms with E-state index in [1.165, 1.54) is 0 Å². The predicted molar refractivity (Wildman–Crippen MR) is 138 cm³/mol. The first kappa shape index (κ1) is 24.2. The summed E-state index contributed by atoms with van der Waals surface area (Å²) >= 11 is 0. The summed E-state index contributed by atoms with van der Waals surface area (Å²) in [5.41, 5.74) is 3.20. The van der Waals surface area contributed by atoms with E-state index < -0.39 is 6.04 Å². The van der Waals surface area contributed by atoms with Crippen molar-refractivity contribution in [3.05, 3.63) is 65.4 Å². The number of nitrogens with zero attached hydrogens (tertiary/aromatic N) is 2. The van der Waals surface area contributed by atoms with Gasteiger partial charge in [-0.25, -0.2) is 4.79 Å². The maximum Gasteiger partial charge on any atom is 0.317 e. The number of methoxy groups -OCH3 is 1. The molecule has 0 bridgehead atoms. The van der Waals surface area contributed by atoms with E-state index in [0.717, 1.165) is 40.8 Å². The molecule has 1 aromatic heterocycles. The second kappa shape index (κ2) is 9.50. The monoisotopic (exact) mass is 490 g/mol. The van der Waals surface area contributed by atoms with Crippen molar-refractivity contribution in [1.29, 1.82) is 0 Å². The SMILES string of the molecule is COc1ccc2c3c([nH]c2c1)[C@H](CO)N(C(=O)c1ccccc1)CC31CCN(C(=O)NC(C)C)CC1. The zero-order valence-corrected chi connectivity index (χ0v) is 21.1. The number of rotatable bonds is 4. The molecule has 190 valence electrons. The first-order valence-corrected chi connectivity index (χ1v) is 12.6. The van der Waals surface area contributed by atoms with E-state index in [0.29, 0.717) is 25.2 Å². The topological polar surface area (TPSA) is 97.9 Å². The van der Waals surface area contributed by atoms with Crippen molar-refractivity contribution in [2.24, 2.45) is 0 Å². The molecule has 3 N–H and O–H groups in total. The number of urea groups is 1. The average Bonchev–Trinajstić information content (AvgIpc) is 3.28. The third kappa shape index (κ3) is 4.09. The summed E-state index contributed by atoms with van der Waals surface area (Å²) in [6.45, 7) is 5.40. The molecule has 1 spiro atoms. The molecule has 2 aliphatic rings. The molecule has 8 nitrogen and oxygen atoms in total. The number of H-pyrrole nitrogens is 1. The lowest BCUT2D eigenvalue weighted by Gasteiger charge is -2.50. The minimum Gasteiger partial charge on any atom is -0.497 e. The van der Waals surface area contributed by atoms with Gasteiger partial charge >= 0.3 is 6.03 Å². The van der Waals surface area contributed by atoms with Gasteiger partial charge in [0.15, 0.2) is 0 Å². The molecule has 1 atom stereocenters. The number of nitrogens with one attached hydrogen (secondary N) is 2. The van der Waals surface area contributed by atoms with Gasteiger partial charge in [0.25, 0.3) is 5.91 Å². The van der Waals surface area contributed by atoms with E-state index in [1.54, 1.807) is 7.11 Å². The van der Waals surface area contributed by atoms with E-state index in [2.05, 4.69) is 16.4 Å². The number of hydrogen-bond donors (Lipinski definition) is 3. The molecule has 3 amide bonds. The van der Waals surface area contributed by atoms with Crippen LogP contribution in [0, 0.1) is 0 Å². The van der Waals surface area contributed by atoms with Crippen LogP contribution in [0.3, 0.4) is 0 Å². The quantitative estimate of drug-likeness (QED) is 0.518. The van der Waals surface area contributed by atoms with Gasteiger partial charge in [0.1, 0.15) is 5.75 Å². The highest BCUT2D eigenvalue weighted by molar-refractivity contribution is 5.96. The number of amides is 3. The van der Waals surface area contributed by atoms with Crippen LogP contribution < -0.4 is 10.1 Å². The van der Waals surface area contributed by atoms with Crippen molar-refractivity contribution in [2.75, 3.05) is 33.4 Å². The molecule has 0 aliphatic carbocycles. The Balaban J connectivity index is 1.59. The summed E-state index contributed by atoms with van der Waals surface area (Å²) in [6, 6.07) is 14.7. The fourth-order valence-electron chi connectivity index (χ4n) is 5.85. The third-order valence-electron chi connectivity index (χ3n) is 7.62. The molecule has 36 heavy (non-hydrogen) atoms. The Kier molecular flexibility index (Phi) is 6.38. The maximum absolute atomic E-state index is 13.7. The summed E-state index contributed by atoms with van der Waals surface area (Å²) < 4.78 is 5.45. The van der Waals surface area contributed by atoms with Gasteiger partial charge in [0, 0.05) is 59.3 Å². The molecule has 2 aliphatic heterocycles. The van der Waals surface area contributed by atoms with Crippen molar-refractivity contribution in [2.45, 2.75) is 44.2 Å². The highest BCUT2D eigenvalue weighted by atomic mass is 16.5. The van der Waals surface area contributed by atoms with Gasteiger partial charge in [-0.2, -0.15) is 0 Å². The van der Waals surface area contributed by atoms with Crippen molar-refractivity contribution in [3.63, 3.8) is 0 Å². The second-order valence-corrected chi connectivity index (χ2v) is 10.2. The lowest BCUT2D eigenvalue weighted by molar-refractivity contribution is 0.0366. The zero-order valence-electron chi connectivity index (χ0n) is 21.1. The van der Waals surface area contributed by atoms with Crippen LogP contribution in [-0.4, -0.2) is 71.2 Å². The van der Waals surface area contributed by atoms with E-state index in [9.17, 15) is 14.7 Å². The normalized spacial score (nSPS) is 19.0. The van der Waals surface area contributed by atoms with Crippen LogP contribution in [0.15, 0.2) is 48.5 Å². The molecule has 1 saturated heterocycles. The molecule has 3 aromatic rings. The maximum atomic E-state index is 13.7. The number of hydrogen-bond acceptors (Lipinski definition) is 4. The van der Waals surface area contributed by atoms with E-state index >= 15 is 0 Å². The first-order valence-electron chi connectivity index (χ1n) is 12.6. The Morgan fingerprint density at radius 2 is 1.89 bits per heavy atom. The minimum absolute atomic E-state index is 0.0509. The van der Waals surface area contributed by atoms with Crippen LogP contribution >= 0.6 is 0 Å². The van der Waals surface area contributed by atoms with Crippen molar-refractivity contribution < 1.29 is 19.4 Å². The standard InChI is InChI=1S/C28H34N4O4/c1-18(2)29-27(35)31-13-11-28(12-14-31)17-32(26(34)19-7-5-4-6-8-19)23(16-33)25-24(28)21-10-9-20(36-3)15-22(21)30-25/h4-10,15,18,23,30,33H,11-14,16-17H2,1-3H3,(H,29,35)/t23-/m0/s1. The third-order valence-corrected chi connectivity index (χ3v) is 7.62. The van der Waals surface area contributed by atoms with Crippen molar-refractivity contribution in [1.82, 2.24) is 20.1 Å². The Morgan fingerprint density at radius 3 is 2.53 bits per heavy atom. The number of aliphatic hydroxyl groups is 1. The number of benzene rings is 2. The van der Waals surface area contributed by atoms with Gasteiger partial charge in [-0.1, -0.05) is 18.2 Å². The highest BCUT2D eigenvalue weighted by Gasteiger charge is 2.49. The number of ether oxygens (including phenoxy) is 1. The number of aliphatic hydroxyl groups excluding tert-OH is 1. The van der Waals surface area contributed by atoms with Crippen molar-refractivity contribution in [3.8, 4) is 5.75 Å². The lowest BCUT2D eigenvalue weighted by Crippen LogP contribution is -2.57. The molecular formula is C28H34N4O4. The Hall–Kier alpha value is -3.52. The molecule has 8 heteroatoms. The predicted octanol–water partition coefficient (Wildman–Crippen LogP) is 3.82. The number of carbonyl (C=O) groups excluding carboxylic acids is 2. The number of piperidine rings is 1. The van der Waals surface area contributed by atoms with Gasteiger partial charge in [0.05, 0.1) is 19.8 Å². The van der Waals surface area contributed by atoms with Crippen molar-refractivity contribution >= 4 is 22.8 Å². The van der Waals surface area contributed by atoms with Crippen LogP contribution in [0.25, 0.3) is 10.9 Å². The zero-order chi connectivity index (χ0) is 25.4. The van der Waals surface area contributed by atoms with Gasteiger partial charge in [0.2, 0.25) is 0 Å². The molecule has 1 fully saturated rings. The lowest BCUT2D eigenvalue weighted by atomic mass is 9.68. The Morgan fingerprint density at radius 1 is 1.17 bits per heavy atom. The second-order valence-electron chi connectivity index (χ2n) is 10.2. The summed E-state index contributed by atoms with van der Waals surface area (Å²) in [6.07, 6.45) is 1.45. The van der Waals surface area contributed by atoms with Gasteiger partial charge in [-0.05, 0) is 56.5 Å². The molecular weight excluding hydrogens is 456 g/mol. The average molecular weight is 491 g/mol. The van der Waals surface area contributed by atoms with E-state index in [-0.39, 0.29) is 30.0 Å². The van der Waals surface area contributed by atoms with Crippen LogP contribution in [0.1, 0.15) is 54.3 Å². The fourth-order valence-corrected chi connectivity index (χ4v) is 5.85. The van der Waals surface area contributed by atoms with Gasteiger partial charge in [-0.3, -0.25) is 4.79 Å². The van der Waals surface area contributed by atoms with E-state index in [1.807, 2.05) is 66.1 Å². The van der Waals surface area contributed by atoms with Crippen LogP contribution in [0.2, 0.25) is 0 Å². The van der Waals surface area contributed by atoms with Crippen LogP contribution in [0.5, 0.6) is 5.75 Å². The molecule has 0 saturated carbocycles. The summed E-state index contributed by atoms with van der Waals surface area (Å²) in [7, 11) is 1.64. The van der Waals surface area contributed by atoms with E-state index in [4.69, 9.17) is 4.74 Å².